The Bertz CT molecular complexity index is 1170. The van der Waals surface area contributed by atoms with Gasteiger partial charge in [0.1, 0.15) is 17.3 Å². The van der Waals surface area contributed by atoms with Gasteiger partial charge in [-0.25, -0.2) is 4.39 Å². The minimum Gasteiger partial charge on any atom is -0.507 e. The highest BCUT2D eigenvalue weighted by Crippen LogP contribution is 2.42. The summed E-state index contributed by atoms with van der Waals surface area (Å²) in [5.74, 6) is -1.84. The Morgan fingerprint density at radius 2 is 1.58 bits per heavy atom. The quantitative estimate of drug-likeness (QED) is 0.350. The predicted octanol–water partition coefficient (Wildman–Crippen LogP) is 5.11. The van der Waals surface area contributed by atoms with Crippen LogP contribution in [-0.4, -0.2) is 23.9 Å². The zero-order valence-electron chi connectivity index (χ0n) is 16.4. The van der Waals surface area contributed by atoms with E-state index in [1.807, 2.05) is 0 Å². The second kappa shape index (κ2) is 8.24. The van der Waals surface area contributed by atoms with E-state index in [-0.39, 0.29) is 11.3 Å². The van der Waals surface area contributed by atoms with Crippen LogP contribution in [0.3, 0.4) is 0 Å². The number of benzene rings is 3. The van der Waals surface area contributed by atoms with Crippen LogP contribution in [0.15, 0.2) is 78.4 Å². The zero-order chi connectivity index (χ0) is 22.1. The second-order valence-corrected chi connectivity index (χ2v) is 7.36. The van der Waals surface area contributed by atoms with E-state index < -0.39 is 23.5 Å². The fourth-order valence-electron chi connectivity index (χ4n) is 3.57. The smallest absolute Gasteiger partial charge is 0.300 e. The molecule has 1 saturated heterocycles. The number of Topliss-reactive ketones (excluding diaryl/α,β-unsaturated/α-hetero) is 1. The van der Waals surface area contributed by atoms with Crippen LogP contribution >= 0.6 is 11.6 Å². The van der Waals surface area contributed by atoms with Crippen molar-refractivity contribution in [2.45, 2.75) is 6.04 Å². The highest BCUT2D eigenvalue weighted by atomic mass is 35.5. The zero-order valence-corrected chi connectivity index (χ0v) is 17.1. The van der Waals surface area contributed by atoms with Gasteiger partial charge >= 0.3 is 0 Å². The van der Waals surface area contributed by atoms with Crippen molar-refractivity contribution in [1.82, 2.24) is 0 Å². The number of aliphatic hydroxyl groups excluding tert-OH is 1. The molecule has 0 aliphatic carbocycles. The maximum Gasteiger partial charge on any atom is 0.300 e. The van der Waals surface area contributed by atoms with Crippen LogP contribution in [0, 0.1) is 5.82 Å². The van der Waals surface area contributed by atoms with E-state index in [1.165, 1.54) is 36.3 Å². The fourth-order valence-corrected chi connectivity index (χ4v) is 3.69. The molecule has 1 fully saturated rings. The maximum atomic E-state index is 13.6. The molecule has 1 atom stereocenters. The van der Waals surface area contributed by atoms with E-state index in [4.69, 9.17) is 16.3 Å². The maximum absolute atomic E-state index is 13.6. The van der Waals surface area contributed by atoms with Gasteiger partial charge in [-0.15, -0.1) is 0 Å². The molecular weight excluding hydrogens is 421 g/mol. The van der Waals surface area contributed by atoms with Gasteiger partial charge in [0.2, 0.25) is 0 Å². The van der Waals surface area contributed by atoms with Crippen LogP contribution in [0.2, 0.25) is 5.02 Å². The highest BCUT2D eigenvalue weighted by Gasteiger charge is 2.46. The number of methoxy groups -OCH3 is 1. The minimum absolute atomic E-state index is 0.0882. The summed E-state index contributed by atoms with van der Waals surface area (Å²) in [5.41, 5.74) is 1.17. The Morgan fingerprint density at radius 3 is 2.16 bits per heavy atom. The van der Waals surface area contributed by atoms with Crippen LogP contribution in [0.25, 0.3) is 5.76 Å². The first-order chi connectivity index (χ1) is 14.9. The van der Waals surface area contributed by atoms with Crippen molar-refractivity contribution >= 4 is 34.7 Å². The first-order valence-electron chi connectivity index (χ1n) is 9.37. The fraction of sp³-hybridized carbons (Fsp3) is 0.0833. The first kappa shape index (κ1) is 20.6. The number of hydrogen-bond acceptors (Lipinski definition) is 4. The van der Waals surface area contributed by atoms with Crippen molar-refractivity contribution in [2.24, 2.45) is 0 Å². The van der Waals surface area contributed by atoms with Gasteiger partial charge < -0.3 is 9.84 Å². The van der Waals surface area contributed by atoms with Gasteiger partial charge in [0.15, 0.2) is 0 Å². The number of ketones is 1. The third-order valence-electron chi connectivity index (χ3n) is 5.10. The van der Waals surface area contributed by atoms with Crippen LogP contribution in [0.5, 0.6) is 5.75 Å². The molecule has 156 valence electrons. The number of hydrogen-bond donors (Lipinski definition) is 1. The molecule has 7 heteroatoms. The second-order valence-electron chi connectivity index (χ2n) is 6.93. The van der Waals surface area contributed by atoms with Crippen LogP contribution in [0.1, 0.15) is 17.2 Å². The lowest BCUT2D eigenvalue weighted by atomic mass is 9.95. The molecule has 1 heterocycles. The van der Waals surface area contributed by atoms with Gasteiger partial charge in [0.25, 0.3) is 11.7 Å². The largest absolute Gasteiger partial charge is 0.507 e. The van der Waals surface area contributed by atoms with Gasteiger partial charge in [-0.05, 0) is 66.2 Å². The van der Waals surface area contributed by atoms with E-state index in [0.717, 1.165) is 0 Å². The Morgan fingerprint density at radius 1 is 0.968 bits per heavy atom. The van der Waals surface area contributed by atoms with E-state index in [1.54, 1.807) is 48.5 Å². The summed E-state index contributed by atoms with van der Waals surface area (Å²) < 4.78 is 18.7. The van der Waals surface area contributed by atoms with Gasteiger partial charge in [0.05, 0.1) is 18.7 Å². The van der Waals surface area contributed by atoms with Gasteiger partial charge in [-0.3, -0.25) is 14.5 Å². The normalized spacial score (nSPS) is 17.8. The van der Waals surface area contributed by atoms with E-state index in [9.17, 15) is 19.1 Å². The number of halogens is 2. The number of anilines is 1. The average molecular weight is 438 g/mol. The van der Waals surface area contributed by atoms with Crippen molar-refractivity contribution in [3.63, 3.8) is 0 Å². The minimum atomic E-state index is -0.940. The summed E-state index contributed by atoms with van der Waals surface area (Å²) >= 11 is 5.92. The lowest BCUT2D eigenvalue weighted by Crippen LogP contribution is -2.29. The SMILES string of the molecule is COc1ccc(N2C(=O)C(=O)/C(=C(/O)c3ccc(Cl)cc3)C2c2ccc(F)cc2)cc1. The Hall–Kier alpha value is -3.64. The van der Waals surface area contributed by atoms with E-state index >= 15 is 0 Å². The Kier molecular flexibility index (Phi) is 5.48. The summed E-state index contributed by atoms with van der Waals surface area (Å²) in [5, 5.41) is 11.4. The molecule has 0 spiro atoms. The number of carbonyl (C=O) groups excluding carboxylic acids is 2. The predicted molar refractivity (Wildman–Crippen MR) is 116 cm³/mol. The number of ether oxygens (including phenoxy) is 1. The topological polar surface area (TPSA) is 66.8 Å². The lowest BCUT2D eigenvalue weighted by Gasteiger charge is -2.25. The summed E-state index contributed by atoms with van der Waals surface area (Å²) in [7, 11) is 1.52. The molecule has 31 heavy (non-hydrogen) atoms. The Labute approximate surface area is 182 Å². The van der Waals surface area contributed by atoms with Crippen molar-refractivity contribution in [3.8, 4) is 5.75 Å². The first-order valence-corrected chi connectivity index (χ1v) is 9.75. The van der Waals surface area contributed by atoms with Crippen molar-refractivity contribution in [1.29, 1.82) is 0 Å². The number of amides is 1. The standard InChI is InChI=1S/C24H17ClFNO4/c1-31-19-12-10-18(11-13-19)27-21(14-4-8-17(26)9-5-14)20(23(29)24(27)30)22(28)15-2-6-16(25)7-3-15/h2-13,21,28H,1H3/b22-20+. The van der Waals surface area contributed by atoms with Crippen molar-refractivity contribution in [3.05, 3.63) is 100 Å². The molecular formula is C24H17ClFNO4. The molecule has 1 aliphatic rings. The monoisotopic (exact) mass is 437 g/mol. The average Bonchev–Trinajstić information content (AvgIpc) is 3.05. The molecule has 1 aliphatic heterocycles. The molecule has 1 unspecified atom stereocenters. The van der Waals surface area contributed by atoms with Crippen molar-refractivity contribution in [2.75, 3.05) is 12.0 Å². The molecule has 0 aromatic heterocycles. The third-order valence-corrected chi connectivity index (χ3v) is 5.35. The molecule has 0 bridgehead atoms. The molecule has 4 rings (SSSR count). The summed E-state index contributed by atoms with van der Waals surface area (Å²) in [6.07, 6.45) is 0. The number of rotatable bonds is 4. The van der Waals surface area contributed by atoms with Crippen LogP contribution in [-0.2, 0) is 9.59 Å². The summed E-state index contributed by atoms with van der Waals surface area (Å²) in [6, 6.07) is 17.4. The molecule has 1 N–H and O–H groups in total. The third kappa shape index (κ3) is 3.78. The summed E-state index contributed by atoms with van der Waals surface area (Å²) in [6.45, 7) is 0. The van der Waals surface area contributed by atoms with Crippen LogP contribution in [0.4, 0.5) is 10.1 Å². The van der Waals surface area contributed by atoms with E-state index in [2.05, 4.69) is 0 Å². The Balaban J connectivity index is 1.91. The number of aliphatic hydroxyl groups is 1. The molecule has 5 nitrogen and oxygen atoms in total. The molecule has 0 saturated carbocycles. The highest BCUT2D eigenvalue weighted by molar-refractivity contribution is 6.51. The molecule has 3 aromatic rings. The van der Waals surface area contributed by atoms with Gasteiger partial charge in [-0.2, -0.15) is 0 Å². The number of carbonyl (C=O) groups is 2. The number of nitrogens with zero attached hydrogens (tertiary/aromatic N) is 1. The molecule has 1 amide bonds. The lowest BCUT2D eigenvalue weighted by molar-refractivity contribution is -0.132. The molecule has 0 radical (unpaired) electrons. The van der Waals surface area contributed by atoms with E-state index in [0.29, 0.717) is 27.6 Å². The van der Waals surface area contributed by atoms with Crippen LogP contribution < -0.4 is 9.64 Å². The summed E-state index contributed by atoms with van der Waals surface area (Å²) in [4.78, 5) is 27.3. The van der Waals surface area contributed by atoms with Gasteiger partial charge in [0, 0.05) is 16.3 Å². The van der Waals surface area contributed by atoms with Gasteiger partial charge in [-0.1, -0.05) is 23.7 Å². The van der Waals surface area contributed by atoms with Crippen molar-refractivity contribution < 1.29 is 23.8 Å². The molecule has 3 aromatic carbocycles.